The van der Waals surface area contributed by atoms with Crippen LogP contribution >= 0.6 is 0 Å². The molecule has 0 spiro atoms. The van der Waals surface area contributed by atoms with Gasteiger partial charge in [-0.05, 0) is 66.8 Å². The van der Waals surface area contributed by atoms with E-state index in [1.165, 1.54) is 0 Å². The quantitative estimate of drug-likeness (QED) is 0.597. The summed E-state index contributed by atoms with van der Waals surface area (Å²) < 4.78 is 5.31. The lowest BCUT2D eigenvalue weighted by Crippen LogP contribution is -2.35. The first-order chi connectivity index (χ1) is 15.0. The number of hydrogen-bond donors (Lipinski definition) is 2. The third-order valence-electron chi connectivity index (χ3n) is 5.81. The molecule has 1 aliphatic carbocycles. The van der Waals surface area contributed by atoms with Crippen LogP contribution in [-0.4, -0.2) is 31.3 Å². The molecule has 1 fully saturated rings. The Morgan fingerprint density at radius 3 is 2.74 bits per heavy atom. The molecule has 0 atom stereocenters. The molecule has 4 rings (SSSR count). The van der Waals surface area contributed by atoms with Gasteiger partial charge >= 0.3 is 0 Å². The summed E-state index contributed by atoms with van der Waals surface area (Å²) in [5.74, 6) is 0.551. The van der Waals surface area contributed by atoms with E-state index in [2.05, 4.69) is 21.4 Å². The number of carbonyl (C=O) groups excluding carboxylic acids is 1. The fourth-order valence-electron chi connectivity index (χ4n) is 3.94. The third-order valence-corrected chi connectivity index (χ3v) is 5.81. The molecule has 3 N–H and O–H groups in total. The Kier molecular flexibility index (Phi) is 5.46. The highest BCUT2D eigenvalue weighted by molar-refractivity contribution is 6.10. The molecule has 1 heterocycles. The maximum atomic E-state index is 13.2. The number of methoxy groups -OCH3 is 1. The number of aliphatic imine (C=N–C) groups is 1. The van der Waals surface area contributed by atoms with Crippen molar-refractivity contribution >= 4 is 28.6 Å². The van der Waals surface area contributed by atoms with Crippen molar-refractivity contribution in [3.8, 4) is 5.75 Å². The number of fused-ring (bicyclic) bond motifs is 1. The molecule has 1 aliphatic rings. The van der Waals surface area contributed by atoms with Gasteiger partial charge in [0, 0.05) is 42.2 Å². The van der Waals surface area contributed by atoms with Crippen molar-refractivity contribution in [1.82, 2.24) is 10.3 Å². The first kappa shape index (κ1) is 20.6. The van der Waals surface area contributed by atoms with E-state index in [1.807, 2.05) is 37.3 Å². The summed E-state index contributed by atoms with van der Waals surface area (Å²) in [4.78, 5) is 21.9. The SMILES string of the molecule is CN=C/C(=C\N)c1cc(C2(NC(=O)c3cc(OC)ccc3C)CC2)c2cccnc2c1. The van der Waals surface area contributed by atoms with Crippen LogP contribution in [0.25, 0.3) is 16.5 Å². The third kappa shape index (κ3) is 3.89. The molecule has 6 nitrogen and oxygen atoms in total. The highest BCUT2D eigenvalue weighted by Gasteiger charge is 2.47. The van der Waals surface area contributed by atoms with Crippen LogP contribution < -0.4 is 15.8 Å². The number of benzene rings is 2. The number of ether oxygens (including phenoxy) is 1. The van der Waals surface area contributed by atoms with Gasteiger partial charge in [-0.25, -0.2) is 0 Å². The van der Waals surface area contributed by atoms with Crippen molar-refractivity contribution < 1.29 is 9.53 Å². The number of aryl methyl sites for hydroxylation is 1. The van der Waals surface area contributed by atoms with Gasteiger partial charge in [0.05, 0.1) is 18.2 Å². The Balaban J connectivity index is 1.78. The van der Waals surface area contributed by atoms with Crippen LogP contribution in [0.1, 0.15) is 39.9 Å². The fraction of sp³-hybridized carbons (Fsp3) is 0.240. The van der Waals surface area contributed by atoms with Gasteiger partial charge in [0.2, 0.25) is 0 Å². The van der Waals surface area contributed by atoms with Crippen LogP contribution in [-0.2, 0) is 5.54 Å². The lowest BCUT2D eigenvalue weighted by Gasteiger charge is -2.22. The Bertz CT molecular complexity index is 1210. The normalized spacial score (nSPS) is 15.3. The molecule has 6 heteroatoms. The Morgan fingerprint density at radius 1 is 1.26 bits per heavy atom. The van der Waals surface area contributed by atoms with Crippen LogP contribution in [0.2, 0.25) is 0 Å². The number of nitrogens with zero attached hydrogens (tertiary/aromatic N) is 2. The van der Waals surface area contributed by atoms with E-state index in [0.29, 0.717) is 11.3 Å². The number of aromatic nitrogens is 1. The van der Waals surface area contributed by atoms with E-state index in [-0.39, 0.29) is 5.91 Å². The smallest absolute Gasteiger partial charge is 0.252 e. The van der Waals surface area contributed by atoms with Crippen molar-refractivity contribution in [3.05, 3.63) is 77.1 Å². The molecule has 0 aliphatic heterocycles. The Labute approximate surface area is 181 Å². The maximum Gasteiger partial charge on any atom is 0.252 e. The Hall–Kier alpha value is -3.67. The minimum absolute atomic E-state index is 0.110. The number of pyridine rings is 1. The van der Waals surface area contributed by atoms with E-state index in [9.17, 15) is 4.79 Å². The van der Waals surface area contributed by atoms with E-state index in [0.717, 1.165) is 46.0 Å². The maximum absolute atomic E-state index is 13.2. The predicted octanol–water partition coefficient (Wildman–Crippen LogP) is 3.97. The second-order valence-electron chi connectivity index (χ2n) is 7.82. The van der Waals surface area contributed by atoms with Gasteiger partial charge in [0.15, 0.2) is 0 Å². The second-order valence-corrected chi connectivity index (χ2v) is 7.82. The van der Waals surface area contributed by atoms with Gasteiger partial charge in [-0.15, -0.1) is 0 Å². The summed E-state index contributed by atoms with van der Waals surface area (Å²) in [5, 5.41) is 4.32. The van der Waals surface area contributed by atoms with Crippen molar-refractivity contribution in [3.63, 3.8) is 0 Å². The highest BCUT2D eigenvalue weighted by Crippen LogP contribution is 2.48. The fourth-order valence-corrected chi connectivity index (χ4v) is 3.94. The van der Waals surface area contributed by atoms with Gasteiger partial charge < -0.3 is 15.8 Å². The molecule has 2 aromatic carbocycles. The molecule has 0 radical (unpaired) electrons. The summed E-state index contributed by atoms with van der Waals surface area (Å²) in [5.41, 5.74) is 10.6. The standard InChI is InChI=1S/C25H26N4O2/c1-16-6-7-19(31-3)13-21(16)24(30)29-25(8-9-25)22-11-17(18(14-26)15-27-2)12-23-20(22)5-4-10-28-23/h4-7,10-15H,8-9,26H2,1-3H3,(H,29,30)/b18-14+,27-15?. The molecule has 0 saturated heterocycles. The summed E-state index contributed by atoms with van der Waals surface area (Å²) in [6, 6.07) is 13.6. The molecule has 3 aromatic rings. The lowest BCUT2D eigenvalue weighted by molar-refractivity contribution is 0.0930. The lowest BCUT2D eigenvalue weighted by atomic mass is 9.93. The van der Waals surface area contributed by atoms with Crippen molar-refractivity contribution in [2.24, 2.45) is 10.7 Å². The first-order valence-corrected chi connectivity index (χ1v) is 10.2. The summed E-state index contributed by atoms with van der Waals surface area (Å²) in [6.45, 7) is 1.93. The minimum Gasteiger partial charge on any atom is -0.497 e. The minimum atomic E-state index is -0.438. The van der Waals surface area contributed by atoms with Crippen LogP contribution in [0.4, 0.5) is 0 Å². The average molecular weight is 415 g/mol. The number of allylic oxidation sites excluding steroid dienone is 1. The van der Waals surface area contributed by atoms with Crippen LogP contribution in [0.3, 0.4) is 0 Å². The van der Waals surface area contributed by atoms with E-state index < -0.39 is 5.54 Å². The van der Waals surface area contributed by atoms with Gasteiger partial charge in [-0.2, -0.15) is 0 Å². The van der Waals surface area contributed by atoms with Crippen LogP contribution in [0, 0.1) is 6.92 Å². The van der Waals surface area contributed by atoms with Crippen molar-refractivity contribution in [2.45, 2.75) is 25.3 Å². The van der Waals surface area contributed by atoms with Gasteiger partial charge in [0.1, 0.15) is 5.75 Å². The molecular weight excluding hydrogens is 388 g/mol. The monoisotopic (exact) mass is 414 g/mol. The van der Waals surface area contributed by atoms with E-state index in [4.69, 9.17) is 10.5 Å². The number of nitrogens with one attached hydrogen (secondary N) is 1. The molecular formula is C25H26N4O2. The number of nitrogens with two attached hydrogens (primary N) is 1. The summed E-state index contributed by atoms with van der Waals surface area (Å²) >= 11 is 0. The highest BCUT2D eigenvalue weighted by atomic mass is 16.5. The molecule has 0 unspecified atom stereocenters. The number of carbonyl (C=O) groups is 1. The van der Waals surface area contributed by atoms with Crippen LogP contribution in [0.5, 0.6) is 5.75 Å². The topological polar surface area (TPSA) is 89.6 Å². The van der Waals surface area contributed by atoms with E-state index in [1.54, 1.807) is 38.8 Å². The van der Waals surface area contributed by atoms with Crippen molar-refractivity contribution in [2.75, 3.05) is 14.2 Å². The zero-order valence-electron chi connectivity index (χ0n) is 18.0. The van der Waals surface area contributed by atoms with Crippen LogP contribution in [0.15, 0.2) is 59.9 Å². The van der Waals surface area contributed by atoms with Gasteiger partial charge in [-0.3, -0.25) is 14.8 Å². The predicted molar refractivity (Wildman–Crippen MR) is 124 cm³/mol. The summed E-state index contributed by atoms with van der Waals surface area (Å²) in [7, 11) is 3.31. The number of amides is 1. The van der Waals surface area contributed by atoms with Gasteiger partial charge in [-0.1, -0.05) is 12.1 Å². The second kappa shape index (κ2) is 8.22. The van der Waals surface area contributed by atoms with Crippen molar-refractivity contribution in [1.29, 1.82) is 0 Å². The zero-order valence-corrected chi connectivity index (χ0v) is 18.0. The molecule has 0 bridgehead atoms. The Morgan fingerprint density at radius 2 is 2.06 bits per heavy atom. The molecule has 31 heavy (non-hydrogen) atoms. The number of hydrogen-bond acceptors (Lipinski definition) is 5. The molecule has 1 aromatic heterocycles. The largest absolute Gasteiger partial charge is 0.497 e. The van der Waals surface area contributed by atoms with Gasteiger partial charge in [0.25, 0.3) is 5.91 Å². The zero-order chi connectivity index (χ0) is 22.0. The molecule has 1 amide bonds. The number of rotatable bonds is 6. The van der Waals surface area contributed by atoms with E-state index >= 15 is 0 Å². The summed E-state index contributed by atoms with van der Waals surface area (Å²) in [6.07, 6.45) is 6.76. The average Bonchev–Trinajstić information content (AvgIpc) is 3.57. The first-order valence-electron chi connectivity index (χ1n) is 10.2. The molecule has 1 saturated carbocycles. The molecule has 158 valence electrons.